The van der Waals surface area contributed by atoms with Gasteiger partial charge in [-0.3, -0.25) is 0 Å². The Kier molecular flexibility index (Phi) is 3.72. The van der Waals surface area contributed by atoms with E-state index in [0.717, 1.165) is 12.8 Å². The first-order chi connectivity index (χ1) is 7.81. The minimum atomic E-state index is -0.398. The molecule has 2 N–H and O–H groups in total. The lowest BCUT2D eigenvalue weighted by molar-refractivity contribution is 0.202. The quantitative estimate of drug-likeness (QED) is 0.850. The van der Waals surface area contributed by atoms with Crippen molar-refractivity contribution in [3.8, 4) is 5.88 Å². The molecule has 4 heteroatoms. The summed E-state index contributed by atoms with van der Waals surface area (Å²) >= 11 is 0. The molecule has 0 aromatic carbocycles. The van der Waals surface area contributed by atoms with Gasteiger partial charge in [0, 0.05) is 6.20 Å². The van der Waals surface area contributed by atoms with Crippen LogP contribution in [0.2, 0.25) is 0 Å². The van der Waals surface area contributed by atoms with Gasteiger partial charge in [0.2, 0.25) is 5.88 Å². The highest BCUT2D eigenvalue weighted by Gasteiger charge is 2.26. The zero-order chi connectivity index (χ0) is 11.4. The van der Waals surface area contributed by atoms with E-state index in [0.29, 0.717) is 25.0 Å². The lowest BCUT2D eigenvalue weighted by Crippen LogP contribution is -2.23. The van der Waals surface area contributed by atoms with Crippen LogP contribution in [0.4, 0.5) is 4.39 Å². The molecule has 1 aromatic rings. The van der Waals surface area contributed by atoms with Crippen LogP contribution in [-0.2, 0) is 0 Å². The summed E-state index contributed by atoms with van der Waals surface area (Å²) in [6, 6.07) is 2.91. The summed E-state index contributed by atoms with van der Waals surface area (Å²) in [7, 11) is 0. The first-order valence-corrected chi connectivity index (χ1v) is 5.74. The summed E-state index contributed by atoms with van der Waals surface area (Å²) in [6.45, 7) is 1.22. The SMILES string of the molecule is NCC1CCCC1COc1ncccc1F. The molecule has 1 heterocycles. The van der Waals surface area contributed by atoms with Gasteiger partial charge < -0.3 is 10.5 Å². The zero-order valence-corrected chi connectivity index (χ0v) is 9.23. The average Bonchev–Trinajstić information content (AvgIpc) is 2.75. The molecule has 0 bridgehead atoms. The highest BCUT2D eigenvalue weighted by atomic mass is 19.1. The van der Waals surface area contributed by atoms with E-state index in [1.165, 1.54) is 18.7 Å². The number of aromatic nitrogens is 1. The number of hydrogen-bond acceptors (Lipinski definition) is 3. The topological polar surface area (TPSA) is 48.1 Å². The van der Waals surface area contributed by atoms with Gasteiger partial charge in [0.1, 0.15) is 0 Å². The van der Waals surface area contributed by atoms with Gasteiger partial charge in [-0.1, -0.05) is 6.42 Å². The maximum absolute atomic E-state index is 13.2. The number of rotatable bonds is 4. The molecule has 1 aliphatic rings. The highest BCUT2D eigenvalue weighted by Crippen LogP contribution is 2.31. The van der Waals surface area contributed by atoms with Crippen LogP contribution in [-0.4, -0.2) is 18.1 Å². The first kappa shape index (κ1) is 11.3. The monoisotopic (exact) mass is 224 g/mol. The molecule has 0 radical (unpaired) electrons. The van der Waals surface area contributed by atoms with E-state index in [2.05, 4.69) is 4.98 Å². The standard InChI is InChI=1S/C12H17FN2O/c13-11-5-2-6-15-12(11)16-8-10-4-1-3-9(10)7-14/h2,5-6,9-10H,1,3-4,7-8,14H2. The Balaban J connectivity index is 1.90. The fraction of sp³-hybridized carbons (Fsp3) is 0.583. The molecule has 0 spiro atoms. The molecular formula is C12H17FN2O. The van der Waals surface area contributed by atoms with E-state index in [4.69, 9.17) is 10.5 Å². The molecule has 3 nitrogen and oxygen atoms in total. The molecule has 1 aromatic heterocycles. The molecule has 1 fully saturated rings. The van der Waals surface area contributed by atoms with Crippen molar-refractivity contribution in [1.29, 1.82) is 0 Å². The molecular weight excluding hydrogens is 207 g/mol. The van der Waals surface area contributed by atoms with Crippen LogP contribution >= 0.6 is 0 Å². The van der Waals surface area contributed by atoms with Gasteiger partial charge in [-0.2, -0.15) is 0 Å². The van der Waals surface area contributed by atoms with Crippen molar-refractivity contribution in [1.82, 2.24) is 4.98 Å². The summed E-state index contributed by atoms with van der Waals surface area (Å²) < 4.78 is 18.6. The zero-order valence-electron chi connectivity index (χ0n) is 9.23. The van der Waals surface area contributed by atoms with Gasteiger partial charge in [-0.25, -0.2) is 9.37 Å². The van der Waals surface area contributed by atoms with E-state index in [-0.39, 0.29) is 5.88 Å². The molecule has 88 valence electrons. The third-order valence-corrected chi connectivity index (χ3v) is 3.28. The molecule has 0 amide bonds. The fourth-order valence-electron chi connectivity index (χ4n) is 2.31. The molecule has 2 rings (SSSR count). The van der Waals surface area contributed by atoms with Gasteiger partial charge in [0.25, 0.3) is 0 Å². The van der Waals surface area contributed by atoms with E-state index in [1.54, 1.807) is 6.07 Å². The van der Waals surface area contributed by atoms with E-state index < -0.39 is 5.82 Å². The van der Waals surface area contributed by atoms with Crippen molar-refractivity contribution in [2.45, 2.75) is 19.3 Å². The lowest BCUT2D eigenvalue weighted by atomic mass is 9.97. The Bertz CT molecular complexity index is 346. The number of nitrogens with two attached hydrogens (primary N) is 1. The summed E-state index contributed by atoms with van der Waals surface area (Å²) in [4.78, 5) is 3.86. The van der Waals surface area contributed by atoms with E-state index in [1.807, 2.05) is 0 Å². The van der Waals surface area contributed by atoms with E-state index in [9.17, 15) is 4.39 Å². The van der Waals surface area contributed by atoms with Gasteiger partial charge in [-0.15, -0.1) is 0 Å². The maximum Gasteiger partial charge on any atom is 0.250 e. The summed E-state index contributed by atoms with van der Waals surface area (Å²) in [5.41, 5.74) is 5.68. The Morgan fingerprint density at radius 3 is 3.00 bits per heavy atom. The molecule has 1 aliphatic carbocycles. The van der Waals surface area contributed by atoms with Gasteiger partial charge in [0.15, 0.2) is 5.82 Å². The van der Waals surface area contributed by atoms with Crippen LogP contribution in [0.15, 0.2) is 18.3 Å². The van der Waals surface area contributed by atoms with Crippen molar-refractivity contribution in [2.24, 2.45) is 17.6 Å². The van der Waals surface area contributed by atoms with Crippen molar-refractivity contribution in [3.63, 3.8) is 0 Å². The third-order valence-electron chi connectivity index (χ3n) is 3.28. The van der Waals surface area contributed by atoms with Crippen LogP contribution in [0.25, 0.3) is 0 Å². The van der Waals surface area contributed by atoms with Crippen LogP contribution in [0.5, 0.6) is 5.88 Å². The molecule has 0 saturated heterocycles. The second-order valence-electron chi connectivity index (χ2n) is 4.29. The number of halogens is 1. The number of nitrogens with zero attached hydrogens (tertiary/aromatic N) is 1. The lowest BCUT2D eigenvalue weighted by Gasteiger charge is -2.17. The van der Waals surface area contributed by atoms with Crippen molar-refractivity contribution in [2.75, 3.05) is 13.2 Å². The Hall–Kier alpha value is -1.16. The smallest absolute Gasteiger partial charge is 0.250 e. The normalized spacial score (nSPS) is 24.6. The van der Waals surface area contributed by atoms with Gasteiger partial charge in [0.05, 0.1) is 6.61 Å². The Labute approximate surface area is 94.8 Å². The minimum Gasteiger partial charge on any atom is -0.475 e. The first-order valence-electron chi connectivity index (χ1n) is 5.74. The summed E-state index contributed by atoms with van der Waals surface area (Å²) in [5, 5.41) is 0. The fourth-order valence-corrected chi connectivity index (χ4v) is 2.31. The minimum absolute atomic E-state index is 0.102. The second-order valence-corrected chi connectivity index (χ2v) is 4.29. The number of ether oxygens (including phenoxy) is 1. The highest BCUT2D eigenvalue weighted by molar-refractivity contribution is 5.12. The molecule has 16 heavy (non-hydrogen) atoms. The van der Waals surface area contributed by atoms with Gasteiger partial charge >= 0.3 is 0 Å². The van der Waals surface area contributed by atoms with E-state index >= 15 is 0 Å². The van der Waals surface area contributed by atoms with Crippen LogP contribution in [0, 0.1) is 17.7 Å². The molecule has 2 unspecified atom stereocenters. The Morgan fingerprint density at radius 1 is 1.44 bits per heavy atom. The number of pyridine rings is 1. The molecule has 1 saturated carbocycles. The Morgan fingerprint density at radius 2 is 2.25 bits per heavy atom. The predicted molar refractivity (Wildman–Crippen MR) is 59.6 cm³/mol. The van der Waals surface area contributed by atoms with Crippen LogP contribution in [0.3, 0.4) is 0 Å². The van der Waals surface area contributed by atoms with Crippen molar-refractivity contribution < 1.29 is 9.13 Å². The van der Waals surface area contributed by atoms with Gasteiger partial charge in [-0.05, 0) is 43.4 Å². The second kappa shape index (κ2) is 5.25. The van der Waals surface area contributed by atoms with Crippen LogP contribution < -0.4 is 10.5 Å². The average molecular weight is 224 g/mol. The largest absolute Gasteiger partial charge is 0.475 e. The third kappa shape index (κ3) is 2.50. The van der Waals surface area contributed by atoms with Crippen molar-refractivity contribution >= 4 is 0 Å². The maximum atomic E-state index is 13.2. The molecule has 2 atom stereocenters. The van der Waals surface area contributed by atoms with Crippen LogP contribution in [0.1, 0.15) is 19.3 Å². The molecule has 0 aliphatic heterocycles. The van der Waals surface area contributed by atoms with Crippen molar-refractivity contribution in [3.05, 3.63) is 24.1 Å². The predicted octanol–water partition coefficient (Wildman–Crippen LogP) is 1.97. The summed E-state index contributed by atoms with van der Waals surface area (Å²) in [6.07, 6.45) is 5.01. The summed E-state index contributed by atoms with van der Waals surface area (Å²) in [5.74, 6) is 0.674. The number of hydrogen-bond donors (Lipinski definition) is 1.